The summed E-state index contributed by atoms with van der Waals surface area (Å²) in [6, 6.07) is 4.14. The maximum absolute atomic E-state index is 12.4. The normalized spacial score (nSPS) is 34.7. The summed E-state index contributed by atoms with van der Waals surface area (Å²) in [5.41, 5.74) is 0. The lowest BCUT2D eigenvalue weighted by molar-refractivity contribution is -0.130. The molecule has 3 rings (SSSR count). The van der Waals surface area contributed by atoms with Gasteiger partial charge in [0, 0.05) is 11.4 Å². The summed E-state index contributed by atoms with van der Waals surface area (Å²) in [6.07, 6.45) is 5.32. The van der Waals surface area contributed by atoms with Gasteiger partial charge in [-0.2, -0.15) is 0 Å². The second kappa shape index (κ2) is 5.86. The lowest BCUT2D eigenvalue weighted by Crippen LogP contribution is -2.36. The number of nitrogens with one attached hydrogen (secondary N) is 1. The molecule has 4 heteroatoms. The molecule has 2 aliphatic rings. The van der Waals surface area contributed by atoms with E-state index in [1.165, 1.54) is 30.6 Å². The number of hydrogen-bond donors (Lipinski definition) is 1. The van der Waals surface area contributed by atoms with E-state index in [1.54, 1.807) is 11.3 Å². The Kier molecular flexibility index (Phi) is 4.13. The molecular formula is C16H24N2OS. The van der Waals surface area contributed by atoms with Crippen LogP contribution in [-0.4, -0.2) is 23.4 Å². The fourth-order valence-corrected chi connectivity index (χ4v) is 4.45. The SMILES string of the molecule is CC1CCCC(CN2C(=O)C(C)NC2c2cccs2)C1. The van der Waals surface area contributed by atoms with Crippen LogP contribution in [0.5, 0.6) is 0 Å². The Bertz CT molecular complexity index is 459. The van der Waals surface area contributed by atoms with Gasteiger partial charge in [-0.1, -0.05) is 25.8 Å². The molecule has 20 heavy (non-hydrogen) atoms. The highest BCUT2D eigenvalue weighted by Gasteiger charge is 2.38. The highest BCUT2D eigenvalue weighted by atomic mass is 32.1. The second-order valence-electron chi connectivity index (χ2n) is 6.43. The third-order valence-electron chi connectivity index (χ3n) is 4.69. The first-order chi connectivity index (χ1) is 9.65. The standard InChI is InChI=1S/C16H24N2OS/c1-11-5-3-6-13(9-11)10-18-15(14-7-4-8-20-14)17-12(2)16(18)19/h4,7-8,11-13,15,17H,3,5-6,9-10H2,1-2H3. The average Bonchev–Trinajstić information content (AvgIpc) is 3.03. The molecule has 2 fully saturated rings. The van der Waals surface area contributed by atoms with E-state index in [2.05, 4.69) is 34.7 Å². The minimum Gasteiger partial charge on any atom is -0.320 e. The van der Waals surface area contributed by atoms with E-state index in [-0.39, 0.29) is 18.1 Å². The van der Waals surface area contributed by atoms with Crippen LogP contribution in [0.15, 0.2) is 17.5 Å². The van der Waals surface area contributed by atoms with Crippen molar-refractivity contribution < 1.29 is 4.79 Å². The van der Waals surface area contributed by atoms with Crippen LogP contribution >= 0.6 is 11.3 Å². The maximum atomic E-state index is 12.4. The largest absolute Gasteiger partial charge is 0.320 e. The van der Waals surface area contributed by atoms with Crippen molar-refractivity contribution in [3.63, 3.8) is 0 Å². The van der Waals surface area contributed by atoms with Crippen molar-refractivity contribution in [1.82, 2.24) is 10.2 Å². The topological polar surface area (TPSA) is 32.3 Å². The zero-order valence-corrected chi connectivity index (χ0v) is 13.2. The van der Waals surface area contributed by atoms with E-state index in [9.17, 15) is 4.79 Å². The molecule has 1 aliphatic carbocycles. The van der Waals surface area contributed by atoms with E-state index >= 15 is 0 Å². The van der Waals surface area contributed by atoms with Gasteiger partial charge < -0.3 is 4.90 Å². The molecule has 110 valence electrons. The summed E-state index contributed by atoms with van der Waals surface area (Å²) in [4.78, 5) is 15.8. The lowest BCUT2D eigenvalue weighted by atomic mass is 9.82. The molecule has 1 aromatic rings. The number of thiophene rings is 1. The Hall–Kier alpha value is -0.870. The Labute approximate surface area is 125 Å². The van der Waals surface area contributed by atoms with Crippen molar-refractivity contribution >= 4 is 17.2 Å². The zero-order chi connectivity index (χ0) is 14.1. The van der Waals surface area contributed by atoms with Crippen LogP contribution in [0.4, 0.5) is 0 Å². The molecule has 1 aliphatic heterocycles. The third kappa shape index (κ3) is 2.77. The van der Waals surface area contributed by atoms with E-state index in [0.717, 1.165) is 12.5 Å². The maximum Gasteiger partial charge on any atom is 0.241 e. The summed E-state index contributed by atoms with van der Waals surface area (Å²) >= 11 is 1.73. The van der Waals surface area contributed by atoms with Gasteiger partial charge in [-0.05, 0) is 43.0 Å². The van der Waals surface area contributed by atoms with Crippen molar-refractivity contribution in [1.29, 1.82) is 0 Å². The highest BCUT2D eigenvalue weighted by Crippen LogP contribution is 2.34. The van der Waals surface area contributed by atoms with E-state index < -0.39 is 0 Å². The number of nitrogens with zero attached hydrogens (tertiary/aromatic N) is 1. The van der Waals surface area contributed by atoms with Crippen LogP contribution in [0, 0.1) is 11.8 Å². The summed E-state index contributed by atoms with van der Waals surface area (Å²) in [5.74, 6) is 1.76. The van der Waals surface area contributed by atoms with Gasteiger partial charge in [0.2, 0.25) is 5.91 Å². The van der Waals surface area contributed by atoms with Crippen LogP contribution in [0.2, 0.25) is 0 Å². The molecule has 1 aromatic heterocycles. The molecule has 4 unspecified atom stereocenters. The predicted molar refractivity (Wildman–Crippen MR) is 82.5 cm³/mol. The first-order valence-corrected chi connectivity index (χ1v) is 8.63. The lowest BCUT2D eigenvalue weighted by Gasteiger charge is -2.32. The van der Waals surface area contributed by atoms with E-state index in [1.807, 2.05) is 6.92 Å². The molecule has 1 saturated carbocycles. The molecule has 4 atom stereocenters. The number of amides is 1. The summed E-state index contributed by atoms with van der Waals surface area (Å²) < 4.78 is 0. The van der Waals surface area contributed by atoms with Gasteiger partial charge in [-0.15, -0.1) is 11.3 Å². The van der Waals surface area contributed by atoms with Gasteiger partial charge in [0.1, 0.15) is 6.17 Å². The summed E-state index contributed by atoms with van der Waals surface area (Å²) in [6.45, 7) is 5.24. The minimum atomic E-state index is -0.0527. The van der Waals surface area contributed by atoms with Crippen LogP contribution < -0.4 is 5.32 Å². The molecule has 0 aromatic carbocycles. The molecule has 1 saturated heterocycles. The molecule has 0 spiro atoms. The fraction of sp³-hybridized carbons (Fsp3) is 0.688. The van der Waals surface area contributed by atoms with Gasteiger partial charge in [-0.25, -0.2) is 0 Å². The van der Waals surface area contributed by atoms with Crippen molar-refractivity contribution in [2.75, 3.05) is 6.54 Å². The number of carbonyl (C=O) groups excluding carboxylic acids is 1. The summed E-state index contributed by atoms with van der Waals surface area (Å²) in [7, 11) is 0. The highest BCUT2D eigenvalue weighted by molar-refractivity contribution is 7.10. The molecule has 2 heterocycles. The second-order valence-corrected chi connectivity index (χ2v) is 7.41. The summed E-state index contributed by atoms with van der Waals surface area (Å²) in [5, 5.41) is 5.53. The third-order valence-corrected chi connectivity index (χ3v) is 5.61. The minimum absolute atomic E-state index is 0.0527. The van der Waals surface area contributed by atoms with Crippen LogP contribution in [0.3, 0.4) is 0 Å². The number of rotatable bonds is 3. The molecular weight excluding hydrogens is 268 g/mol. The Morgan fingerprint density at radius 1 is 1.40 bits per heavy atom. The first-order valence-electron chi connectivity index (χ1n) is 7.75. The van der Waals surface area contributed by atoms with Gasteiger partial charge >= 0.3 is 0 Å². The Morgan fingerprint density at radius 3 is 2.95 bits per heavy atom. The van der Waals surface area contributed by atoms with Gasteiger partial charge in [0.15, 0.2) is 0 Å². The number of carbonyl (C=O) groups is 1. The first kappa shape index (κ1) is 14.1. The van der Waals surface area contributed by atoms with Gasteiger partial charge in [-0.3, -0.25) is 10.1 Å². The zero-order valence-electron chi connectivity index (χ0n) is 12.3. The van der Waals surface area contributed by atoms with Gasteiger partial charge in [0.25, 0.3) is 0 Å². The predicted octanol–water partition coefficient (Wildman–Crippen LogP) is 3.39. The molecule has 0 bridgehead atoms. The Balaban J connectivity index is 1.73. The van der Waals surface area contributed by atoms with Gasteiger partial charge in [0.05, 0.1) is 6.04 Å². The fourth-order valence-electron chi connectivity index (χ4n) is 3.66. The Morgan fingerprint density at radius 2 is 2.25 bits per heavy atom. The quantitative estimate of drug-likeness (QED) is 0.926. The van der Waals surface area contributed by atoms with E-state index in [4.69, 9.17) is 0 Å². The molecule has 3 nitrogen and oxygen atoms in total. The van der Waals surface area contributed by atoms with Crippen LogP contribution in [0.25, 0.3) is 0 Å². The monoisotopic (exact) mass is 292 g/mol. The smallest absolute Gasteiger partial charge is 0.241 e. The molecule has 0 radical (unpaired) electrons. The van der Waals surface area contributed by atoms with Crippen molar-refractivity contribution in [3.8, 4) is 0 Å². The van der Waals surface area contributed by atoms with Crippen LogP contribution in [0.1, 0.15) is 50.6 Å². The van der Waals surface area contributed by atoms with Crippen molar-refractivity contribution in [2.24, 2.45) is 11.8 Å². The van der Waals surface area contributed by atoms with E-state index in [0.29, 0.717) is 5.92 Å². The van der Waals surface area contributed by atoms with Crippen molar-refractivity contribution in [3.05, 3.63) is 22.4 Å². The van der Waals surface area contributed by atoms with Crippen LogP contribution in [-0.2, 0) is 4.79 Å². The molecule has 1 N–H and O–H groups in total. The number of hydrogen-bond acceptors (Lipinski definition) is 3. The molecule has 1 amide bonds. The average molecular weight is 292 g/mol. The van der Waals surface area contributed by atoms with Crippen molar-refractivity contribution in [2.45, 2.75) is 51.7 Å².